The molecular weight excluding hydrogens is 295 g/mol. The van der Waals surface area contributed by atoms with Gasteiger partial charge in [0, 0.05) is 30.2 Å². The van der Waals surface area contributed by atoms with Crippen molar-refractivity contribution in [1.82, 2.24) is 9.88 Å². The molecule has 0 radical (unpaired) electrons. The fourth-order valence-corrected chi connectivity index (χ4v) is 2.54. The number of carbonyl (C=O) groups excluding carboxylic acids is 1. The number of nitrogens with zero attached hydrogens (tertiary/aromatic N) is 1. The maximum atomic E-state index is 13.3. The van der Waals surface area contributed by atoms with Crippen LogP contribution in [0.15, 0.2) is 48.5 Å². The Bertz CT molecular complexity index is 840. The molecule has 23 heavy (non-hydrogen) atoms. The van der Waals surface area contributed by atoms with Crippen LogP contribution in [-0.2, 0) is 11.3 Å². The summed E-state index contributed by atoms with van der Waals surface area (Å²) in [7, 11) is 3.05. The van der Waals surface area contributed by atoms with Crippen LogP contribution in [0.25, 0.3) is 22.2 Å². The van der Waals surface area contributed by atoms with E-state index in [0.29, 0.717) is 6.54 Å². The molecule has 0 aliphatic heterocycles. The van der Waals surface area contributed by atoms with Gasteiger partial charge in [-0.3, -0.25) is 0 Å². The lowest BCUT2D eigenvalue weighted by atomic mass is 10.1. The zero-order chi connectivity index (χ0) is 16.4. The average Bonchev–Trinajstić information content (AvgIpc) is 2.97. The smallest absolute Gasteiger partial charge is 0.409 e. The second kappa shape index (κ2) is 6.12. The average molecular weight is 312 g/mol. The predicted octanol–water partition coefficient (Wildman–Crippen LogP) is 4.17. The first-order chi connectivity index (χ1) is 11.1. The number of methoxy groups -OCH3 is 1. The van der Waals surface area contributed by atoms with E-state index >= 15 is 0 Å². The summed E-state index contributed by atoms with van der Waals surface area (Å²) in [5.74, 6) is -0.257. The van der Waals surface area contributed by atoms with E-state index in [4.69, 9.17) is 0 Å². The number of hydrogen-bond acceptors (Lipinski definition) is 2. The van der Waals surface area contributed by atoms with Crippen molar-refractivity contribution in [1.29, 1.82) is 0 Å². The number of aromatic nitrogens is 1. The van der Waals surface area contributed by atoms with Crippen LogP contribution in [0.1, 0.15) is 5.56 Å². The summed E-state index contributed by atoms with van der Waals surface area (Å²) in [4.78, 5) is 16.1. The number of benzene rings is 2. The molecule has 3 aromatic rings. The summed E-state index contributed by atoms with van der Waals surface area (Å²) in [6, 6.07) is 14.5. The quantitative estimate of drug-likeness (QED) is 0.789. The number of ether oxygens (including phenoxy) is 1. The lowest BCUT2D eigenvalue weighted by Gasteiger charge is -2.15. The zero-order valence-electron chi connectivity index (χ0n) is 13.0. The number of aromatic amines is 1. The van der Waals surface area contributed by atoms with Crippen molar-refractivity contribution in [2.75, 3.05) is 14.2 Å². The first-order valence-corrected chi connectivity index (χ1v) is 7.23. The van der Waals surface area contributed by atoms with Gasteiger partial charge in [0.05, 0.1) is 7.11 Å². The molecule has 0 aliphatic carbocycles. The third kappa shape index (κ3) is 3.18. The first kappa shape index (κ1) is 15.1. The molecule has 2 aromatic carbocycles. The molecule has 0 aliphatic rings. The van der Waals surface area contributed by atoms with E-state index in [9.17, 15) is 9.18 Å². The van der Waals surface area contributed by atoms with Crippen molar-refractivity contribution in [2.45, 2.75) is 6.54 Å². The molecule has 4 nitrogen and oxygen atoms in total. The standard InChI is InChI=1S/C18H17FN2O2/c1-21(18(22)23-2)11-12-3-5-13(6-4-12)16-9-14-7-8-15(19)10-17(14)20-16/h3-10,20H,11H2,1-2H3. The van der Waals surface area contributed by atoms with E-state index in [0.717, 1.165) is 27.7 Å². The van der Waals surface area contributed by atoms with Gasteiger partial charge in [0.25, 0.3) is 0 Å². The molecule has 1 N–H and O–H groups in total. The normalized spacial score (nSPS) is 10.7. The van der Waals surface area contributed by atoms with Crippen LogP contribution in [0.2, 0.25) is 0 Å². The van der Waals surface area contributed by atoms with Gasteiger partial charge in [-0.15, -0.1) is 0 Å². The van der Waals surface area contributed by atoms with Crippen LogP contribution in [0.5, 0.6) is 0 Å². The Morgan fingerprint density at radius 1 is 1.17 bits per heavy atom. The SMILES string of the molecule is COC(=O)N(C)Cc1ccc(-c2cc3ccc(F)cc3[nH]2)cc1. The van der Waals surface area contributed by atoms with Crippen molar-refractivity contribution in [2.24, 2.45) is 0 Å². The van der Waals surface area contributed by atoms with Crippen LogP contribution < -0.4 is 0 Å². The monoisotopic (exact) mass is 312 g/mol. The molecule has 1 heterocycles. The minimum absolute atomic E-state index is 0.257. The molecule has 5 heteroatoms. The molecule has 0 bridgehead atoms. The molecule has 0 unspecified atom stereocenters. The van der Waals surface area contributed by atoms with Gasteiger partial charge in [-0.2, -0.15) is 0 Å². The fraction of sp³-hybridized carbons (Fsp3) is 0.167. The van der Waals surface area contributed by atoms with Crippen LogP contribution in [-0.4, -0.2) is 30.1 Å². The minimum atomic E-state index is -0.369. The topological polar surface area (TPSA) is 45.3 Å². The van der Waals surface area contributed by atoms with Gasteiger partial charge < -0.3 is 14.6 Å². The molecule has 0 fully saturated rings. The van der Waals surface area contributed by atoms with E-state index in [-0.39, 0.29) is 11.9 Å². The molecule has 0 saturated heterocycles. The highest BCUT2D eigenvalue weighted by Gasteiger charge is 2.09. The molecule has 1 aromatic heterocycles. The molecule has 118 valence electrons. The van der Waals surface area contributed by atoms with Crippen molar-refractivity contribution in [3.8, 4) is 11.3 Å². The Hall–Kier alpha value is -2.82. The maximum Gasteiger partial charge on any atom is 0.409 e. The van der Waals surface area contributed by atoms with E-state index in [1.54, 1.807) is 13.1 Å². The number of rotatable bonds is 3. The predicted molar refractivity (Wildman–Crippen MR) is 87.6 cm³/mol. The van der Waals surface area contributed by atoms with E-state index in [1.165, 1.54) is 24.1 Å². The number of halogens is 1. The Morgan fingerprint density at radius 3 is 2.61 bits per heavy atom. The van der Waals surface area contributed by atoms with Gasteiger partial charge in [-0.05, 0) is 35.4 Å². The van der Waals surface area contributed by atoms with Gasteiger partial charge in [0.2, 0.25) is 0 Å². The number of nitrogens with one attached hydrogen (secondary N) is 1. The second-order valence-corrected chi connectivity index (χ2v) is 5.44. The lowest BCUT2D eigenvalue weighted by molar-refractivity contribution is 0.131. The molecule has 3 rings (SSSR count). The van der Waals surface area contributed by atoms with Gasteiger partial charge in [0.1, 0.15) is 5.82 Å². The Morgan fingerprint density at radius 2 is 1.91 bits per heavy atom. The minimum Gasteiger partial charge on any atom is -0.453 e. The van der Waals surface area contributed by atoms with Crippen LogP contribution in [0, 0.1) is 5.82 Å². The van der Waals surface area contributed by atoms with E-state index < -0.39 is 0 Å². The van der Waals surface area contributed by atoms with Gasteiger partial charge in [-0.1, -0.05) is 24.3 Å². The zero-order valence-corrected chi connectivity index (χ0v) is 13.0. The maximum absolute atomic E-state index is 13.3. The summed E-state index contributed by atoms with van der Waals surface area (Å²) < 4.78 is 17.9. The Kier molecular flexibility index (Phi) is 4.02. The largest absolute Gasteiger partial charge is 0.453 e. The van der Waals surface area contributed by atoms with Gasteiger partial charge in [0.15, 0.2) is 0 Å². The summed E-state index contributed by atoms with van der Waals surface area (Å²) in [5.41, 5.74) is 3.71. The molecule has 1 amide bonds. The van der Waals surface area contributed by atoms with E-state index in [2.05, 4.69) is 9.72 Å². The summed E-state index contributed by atoms with van der Waals surface area (Å²) >= 11 is 0. The Labute approximate surface area is 133 Å². The Balaban J connectivity index is 1.82. The first-order valence-electron chi connectivity index (χ1n) is 7.23. The van der Waals surface area contributed by atoms with Crippen molar-refractivity contribution in [3.63, 3.8) is 0 Å². The number of carbonyl (C=O) groups is 1. The third-order valence-electron chi connectivity index (χ3n) is 3.76. The lowest BCUT2D eigenvalue weighted by Crippen LogP contribution is -2.25. The fourth-order valence-electron chi connectivity index (χ4n) is 2.54. The molecular formula is C18H17FN2O2. The summed E-state index contributed by atoms with van der Waals surface area (Å²) in [5, 5.41) is 0.968. The van der Waals surface area contributed by atoms with Crippen molar-refractivity contribution >= 4 is 17.0 Å². The van der Waals surface area contributed by atoms with Crippen molar-refractivity contribution < 1.29 is 13.9 Å². The van der Waals surface area contributed by atoms with Crippen LogP contribution in [0.3, 0.4) is 0 Å². The van der Waals surface area contributed by atoms with Gasteiger partial charge >= 0.3 is 6.09 Å². The molecule has 0 saturated carbocycles. The summed E-state index contributed by atoms with van der Waals surface area (Å²) in [6.07, 6.45) is -0.369. The number of H-pyrrole nitrogens is 1. The van der Waals surface area contributed by atoms with Gasteiger partial charge in [-0.25, -0.2) is 9.18 Å². The highest BCUT2D eigenvalue weighted by molar-refractivity contribution is 5.85. The van der Waals surface area contributed by atoms with E-state index in [1.807, 2.05) is 30.3 Å². The second-order valence-electron chi connectivity index (χ2n) is 5.44. The van der Waals surface area contributed by atoms with Crippen molar-refractivity contribution in [3.05, 3.63) is 59.9 Å². The molecule has 0 atom stereocenters. The highest BCUT2D eigenvalue weighted by atomic mass is 19.1. The van der Waals surface area contributed by atoms with Crippen LogP contribution >= 0.6 is 0 Å². The number of hydrogen-bond donors (Lipinski definition) is 1. The number of fused-ring (bicyclic) bond motifs is 1. The molecule has 0 spiro atoms. The summed E-state index contributed by atoms with van der Waals surface area (Å²) in [6.45, 7) is 0.477. The third-order valence-corrected chi connectivity index (χ3v) is 3.76. The highest BCUT2D eigenvalue weighted by Crippen LogP contribution is 2.25. The number of amides is 1. The van der Waals surface area contributed by atoms with Crippen LogP contribution in [0.4, 0.5) is 9.18 Å².